The fourth-order valence-electron chi connectivity index (χ4n) is 4.35. The maximum atomic E-state index is 12.6. The summed E-state index contributed by atoms with van der Waals surface area (Å²) in [5, 5.41) is 0.901. The molecule has 2 aliphatic rings. The quantitative estimate of drug-likeness (QED) is 0.789. The Balaban J connectivity index is 1.79. The summed E-state index contributed by atoms with van der Waals surface area (Å²) in [6.45, 7) is 2.32. The molecular formula is C19H21N3OS. The van der Waals surface area contributed by atoms with Crippen LogP contribution in [0, 0.1) is 0 Å². The molecule has 0 bridgehead atoms. The van der Waals surface area contributed by atoms with Crippen molar-refractivity contribution in [3.63, 3.8) is 0 Å². The summed E-state index contributed by atoms with van der Waals surface area (Å²) in [5.74, 6) is 0.227. The van der Waals surface area contributed by atoms with Crippen molar-refractivity contribution < 1.29 is 4.79 Å². The lowest BCUT2D eigenvalue weighted by Gasteiger charge is -2.54. The Hall–Kier alpha value is -1.88. The molecule has 2 heterocycles. The largest absolute Gasteiger partial charge is 0.342 e. The van der Waals surface area contributed by atoms with E-state index in [0.717, 1.165) is 18.0 Å². The first kappa shape index (κ1) is 15.6. The van der Waals surface area contributed by atoms with Gasteiger partial charge in [-0.25, -0.2) is 9.97 Å². The zero-order valence-corrected chi connectivity index (χ0v) is 14.8. The highest BCUT2D eigenvalue weighted by Gasteiger charge is 2.53. The Kier molecular flexibility index (Phi) is 3.83. The maximum absolute atomic E-state index is 12.6. The van der Waals surface area contributed by atoms with Crippen molar-refractivity contribution in [2.75, 3.05) is 7.05 Å². The molecule has 1 saturated heterocycles. The second kappa shape index (κ2) is 5.88. The van der Waals surface area contributed by atoms with Gasteiger partial charge in [-0.05, 0) is 30.0 Å². The average molecular weight is 339 g/mol. The van der Waals surface area contributed by atoms with Crippen molar-refractivity contribution in [2.24, 2.45) is 0 Å². The number of nitrogens with zero attached hydrogens (tertiary/aromatic N) is 3. The third-order valence-electron chi connectivity index (χ3n) is 5.66. The average Bonchev–Trinajstić information content (AvgIpc) is 2.61. The van der Waals surface area contributed by atoms with Crippen LogP contribution in [0.1, 0.15) is 30.9 Å². The van der Waals surface area contributed by atoms with Crippen molar-refractivity contribution in [3.8, 4) is 0 Å². The number of benzene rings is 1. The lowest BCUT2D eigenvalue weighted by atomic mass is 9.63. The standard InChI is InChI=1S/C19H21N3OS/c1-19-14-7-4-3-6-13(14)8-9-15(19)22(2)17(23)12-16(19)24-18-20-10-5-11-21-18/h3-7,10-11,15-16H,8-9,12H2,1-2H3/t15-,16?,19-/m1/s1. The van der Waals surface area contributed by atoms with Crippen molar-refractivity contribution in [2.45, 2.75) is 48.0 Å². The van der Waals surface area contributed by atoms with Crippen LogP contribution in [0.4, 0.5) is 0 Å². The highest BCUT2D eigenvalue weighted by atomic mass is 32.2. The smallest absolute Gasteiger partial charge is 0.223 e. The van der Waals surface area contributed by atoms with Crippen LogP contribution >= 0.6 is 11.8 Å². The van der Waals surface area contributed by atoms with Gasteiger partial charge in [-0.15, -0.1) is 0 Å². The molecule has 2 aromatic rings. The zero-order chi connectivity index (χ0) is 16.7. The number of likely N-dealkylation sites (tertiary alicyclic amines) is 1. The third kappa shape index (κ3) is 2.34. The number of hydrogen-bond donors (Lipinski definition) is 0. The fourth-order valence-corrected chi connectivity index (χ4v) is 5.60. The molecule has 4 rings (SSSR count). The minimum Gasteiger partial charge on any atom is -0.342 e. The minimum absolute atomic E-state index is 0.0820. The molecule has 0 radical (unpaired) electrons. The Morgan fingerprint density at radius 3 is 2.75 bits per heavy atom. The highest BCUT2D eigenvalue weighted by molar-refractivity contribution is 7.99. The van der Waals surface area contributed by atoms with Crippen LogP contribution in [0.5, 0.6) is 0 Å². The molecule has 0 saturated carbocycles. The Morgan fingerprint density at radius 2 is 1.96 bits per heavy atom. The third-order valence-corrected chi connectivity index (χ3v) is 7.02. The second-order valence-corrected chi connectivity index (χ2v) is 8.01. The Morgan fingerprint density at radius 1 is 1.21 bits per heavy atom. The number of rotatable bonds is 2. The van der Waals surface area contributed by atoms with Gasteiger partial charge in [-0.3, -0.25) is 4.79 Å². The molecule has 1 aromatic heterocycles. The van der Waals surface area contributed by atoms with Gasteiger partial charge in [0.2, 0.25) is 5.91 Å². The molecule has 0 spiro atoms. The number of hydrogen-bond acceptors (Lipinski definition) is 4. The van der Waals surface area contributed by atoms with Gasteiger partial charge in [-0.2, -0.15) is 0 Å². The first-order valence-electron chi connectivity index (χ1n) is 8.38. The van der Waals surface area contributed by atoms with Gasteiger partial charge in [-0.1, -0.05) is 43.0 Å². The van der Waals surface area contributed by atoms with Gasteiger partial charge >= 0.3 is 0 Å². The predicted molar refractivity (Wildman–Crippen MR) is 95.0 cm³/mol. The van der Waals surface area contributed by atoms with Gasteiger partial charge in [0.05, 0.1) is 0 Å². The van der Waals surface area contributed by atoms with Gasteiger partial charge in [0.1, 0.15) is 0 Å². The topological polar surface area (TPSA) is 46.1 Å². The number of aryl methyl sites for hydroxylation is 1. The van der Waals surface area contributed by atoms with E-state index in [1.54, 1.807) is 24.2 Å². The summed E-state index contributed by atoms with van der Waals surface area (Å²) in [4.78, 5) is 23.3. The second-order valence-electron chi connectivity index (χ2n) is 6.84. The first-order chi connectivity index (χ1) is 11.6. The summed E-state index contributed by atoms with van der Waals surface area (Å²) < 4.78 is 0. The van der Waals surface area contributed by atoms with Gasteiger partial charge in [0.15, 0.2) is 5.16 Å². The molecule has 1 aliphatic carbocycles. The van der Waals surface area contributed by atoms with Gasteiger partial charge < -0.3 is 4.90 Å². The molecular weight excluding hydrogens is 318 g/mol. The molecule has 4 nitrogen and oxygen atoms in total. The van der Waals surface area contributed by atoms with E-state index in [2.05, 4.69) is 41.2 Å². The van der Waals surface area contributed by atoms with Gasteiger partial charge in [0, 0.05) is 42.6 Å². The minimum atomic E-state index is -0.0820. The maximum Gasteiger partial charge on any atom is 0.223 e. The molecule has 1 amide bonds. The van der Waals surface area contributed by atoms with E-state index < -0.39 is 0 Å². The lowest BCUT2D eigenvalue weighted by Crippen LogP contribution is -2.61. The van der Waals surface area contributed by atoms with Crippen LogP contribution in [-0.4, -0.2) is 39.1 Å². The number of carbonyl (C=O) groups is 1. The molecule has 1 aliphatic heterocycles. The van der Waals surface area contributed by atoms with Gasteiger partial charge in [0.25, 0.3) is 0 Å². The zero-order valence-electron chi connectivity index (χ0n) is 14.0. The van der Waals surface area contributed by atoms with E-state index in [4.69, 9.17) is 0 Å². The van der Waals surface area contributed by atoms with Crippen molar-refractivity contribution in [3.05, 3.63) is 53.9 Å². The monoisotopic (exact) mass is 339 g/mol. The van der Waals surface area contributed by atoms with E-state index in [9.17, 15) is 4.79 Å². The predicted octanol–water partition coefficient (Wildman–Crippen LogP) is 3.07. The van der Waals surface area contributed by atoms with Crippen LogP contribution in [0.25, 0.3) is 0 Å². The number of likely N-dealkylation sites (N-methyl/N-ethyl adjacent to an activating group) is 1. The molecule has 5 heteroatoms. The number of piperidine rings is 1. The highest BCUT2D eigenvalue weighted by Crippen LogP contribution is 2.50. The molecule has 1 aromatic carbocycles. The summed E-state index contributed by atoms with van der Waals surface area (Å²) >= 11 is 1.65. The Labute approximate surface area is 146 Å². The van der Waals surface area contributed by atoms with Crippen LogP contribution in [0.3, 0.4) is 0 Å². The molecule has 0 N–H and O–H groups in total. The molecule has 1 fully saturated rings. The van der Waals surface area contributed by atoms with Crippen LogP contribution in [-0.2, 0) is 16.6 Å². The van der Waals surface area contributed by atoms with E-state index in [1.807, 2.05) is 18.0 Å². The summed E-state index contributed by atoms with van der Waals surface area (Å²) in [6, 6.07) is 10.8. The summed E-state index contributed by atoms with van der Waals surface area (Å²) in [6.07, 6.45) is 6.11. The van der Waals surface area contributed by atoms with Crippen molar-refractivity contribution in [1.29, 1.82) is 0 Å². The SMILES string of the molecule is CN1C(=O)CC(Sc2ncccn2)[C@]2(C)c3ccccc3CC[C@@H]12. The van der Waals surface area contributed by atoms with E-state index in [-0.39, 0.29) is 22.6 Å². The summed E-state index contributed by atoms with van der Waals surface area (Å²) in [7, 11) is 1.96. The fraction of sp³-hybridized carbons (Fsp3) is 0.421. The van der Waals surface area contributed by atoms with E-state index in [0.29, 0.717) is 6.42 Å². The normalized spacial score (nSPS) is 29.1. The lowest BCUT2D eigenvalue weighted by molar-refractivity contribution is -0.137. The first-order valence-corrected chi connectivity index (χ1v) is 9.26. The summed E-state index contributed by atoms with van der Waals surface area (Å²) in [5.41, 5.74) is 2.72. The Bertz CT molecular complexity index is 766. The number of carbonyl (C=O) groups excluding carboxylic acids is 1. The van der Waals surface area contributed by atoms with E-state index in [1.165, 1.54) is 11.1 Å². The number of fused-ring (bicyclic) bond motifs is 3. The molecule has 1 unspecified atom stereocenters. The molecule has 3 atom stereocenters. The number of aromatic nitrogens is 2. The number of amides is 1. The van der Waals surface area contributed by atoms with Crippen molar-refractivity contribution >= 4 is 17.7 Å². The molecule has 124 valence electrons. The molecule has 24 heavy (non-hydrogen) atoms. The van der Waals surface area contributed by atoms with Crippen molar-refractivity contribution in [1.82, 2.24) is 14.9 Å². The number of thioether (sulfide) groups is 1. The van der Waals surface area contributed by atoms with Crippen LogP contribution in [0.15, 0.2) is 47.9 Å². The van der Waals surface area contributed by atoms with Crippen LogP contribution in [0.2, 0.25) is 0 Å². The van der Waals surface area contributed by atoms with E-state index >= 15 is 0 Å². The van der Waals surface area contributed by atoms with Crippen LogP contribution < -0.4 is 0 Å².